The summed E-state index contributed by atoms with van der Waals surface area (Å²) in [5, 5.41) is 38.9. The molecule has 2 aliphatic rings. The minimum absolute atomic E-state index is 0.196. The summed E-state index contributed by atoms with van der Waals surface area (Å²) in [6.45, 7) is 1.47. The smallest absolute Gasteiger partial charge is 0.427 e. The summed E-state index contributed by atoms with van der Waals surface area (Å²) in [5.41, 5.74) is 0.945. The van der Waals surface area contributed by atoms with Crippen molar-refractivity contribution in [3.8, 4) is 0 Å². The van der Waals surface area contributed by atoms with Crippen molar-refractivity contribution < 1.29 is 29.7 Å². The van der Waals surface area contributed by atoms with E-state index in [1.807, 2.05) is 0 Å². The Hall–Kier alpha value is -2.39. The summed E-state index contributed by atoms with van der Waals surface area (Å²) in [4.78, 5) is 29.4. The Labute approximate surface area is 175 Å². The van der Waals surface area contributed by atoms with E-state index in [1.165, 1.54) is 0 Å². The molecule has 2 aromatic carbocycles. The van der Waals surface area contributed by atoms with E-state index in [-0.39, 0.29) is 36.5 Å². The molecule has 0 bridgehead atoms. The molecule has 2 saturated heterocycles. The molecule has 2 fully saturated rings. The largest absolute Gasteiger partial charge is 0.456 e. The fraction of sp³-hybridized carbons (Fsp3) is 0.400. The summed E-state index contributed by atoms with van der Waals surface area (Å²) in [7, 11) is -2.89. The van der Waals surface area contributed by atoms with Crippen LogP contribution in [-0.2, 0) is 0 Å². The van der Waals surface area contributed by atoms with Crippen LogP contribution in [0.3, 0.4) is 0 Å². The van der Waals surface area contributed by atoms with Gasteiger partial charge < -0.3 is 29.9 Å². The Morgan fingerprint density at radius 2 is 1.13 bits per heavy atom. The van der Waals surface area contributed by atoms with Gasteiger partial charge in [0, 0.05) is 48.9 Å². The lowest BCUT2D eigenvalue weighted by molar-refractivity contribution is 0.0784. The van der Waals surface area contributed by atoms with Gasteiger partial charge in [-0.05, 0) is 35.7 Å². The Balaban J connectivity index is 1.62. The zero-order valence-electron chi connectivity index (χ0n) is 16.5. The Bertz CT molecular complexity index is 892. The molecule has 4 N–H and O–H groups in total. The van der Waals surface area contributed by atoms with E-state index >= 15 is 0 Å². The lowest BCUT2D eigenvalue weighted by Gasteiger charge is -2.20. The van der Waals surface area contributed by atoms with Gasteiger partial charge in [0.2, 0.25) is 0 Å². The number of rotatable bonds is 4. The molecule has 2 atom stereocenters. The predicted octanol–water partition coefficient (Wildman–Crippen LogP) is 0.218. The number of carbonyl (C=O) groups excluding carboxylic acids is 2. The van der Waals surface area contributed by atoms with Crippen LogP contribution in [0, 0.1) is 0 Å². The van der Waals surface area contributed by atoms with Gasteiger partial charge in [-0.15, -0.1) is 0 Å². The molecule has 0 aromatic heterocycles. The maximum absolute atomic E-state index is 13.1. The molecule has 2 amide bonds. The van der Waals surface area contributed by atoms with Crippen molar-refractivity contribution in [3.63, 3.8) is 0 Å². The second-order valence-corrected chi connectivity index (χ2v) is 8.13. The van der Waals surface area contributed by atoms with Gasteiger partial charge in [0.15, 0.2) is 0 Å². The highest BCUT2D eigenvalue weighted by molar-refractivity contribution is 6.43. The van der Waals surface area contributed by atoms with Gasteiger partial charge in [0.1, 0.15) is 0 Å². The first kappa shape index (κ1) is 20.9. The van der Waals surface area contributed by atoms with E-state index in [9.17, 15) is 29.7 Å². The van der Waals surface area contributed by atoms with E-state index in [1.54, 1.807) is 46.2 Å². The number of likely N-dealkylation sites (tertiary alicyclic amines) is 2. The average Bonchev–Trinajstić information content (AvgIpc) is 3.42. The topological polar surface area (TPSA) is 122 Å². The third-order valence-electron chi connectivity index (χ3n) is 6.25. The molecule has 2 unspecified atom stereocenters. The first-order valence-electron chi connectivity index (χ1n) is 10.2. The van der Waals surface area contributed by atoms with Crippen molar-refractivity contribution in [1.82, 2.24) is 9.80 Å². The number of nitrogens with zero attached hydrogens (tertiary/aromatic N) is 2. The highest BCUT2D eigenvalue weighted by atomic mass is 16.4. The van der Waals surface area contributed by atoms with E-state index in [0.29, 0.717) is 47.8 Å². The van der Waals surface area contributed by atoms with Gasteiger partial charge in [-0.25, -0.2) is 0 Å². The van der Waals surface area contributed by atoms with Crippen molar-refractivity contribution in [3.05, 3.63) is 47.5 Å². The van der Waals surface area contributed by atoms with Gasteiger partial charge in [-0.2, -0.15) is 0 Å². The summed E-state index contributed by atoms with van der Waals surface area (Å²) in [5.74, 6) is -1.10. The third kappa shape index (κ3) is 3.83. The molecule has 0 saturated carbocycles. The van der Waals surface area contributed by atoms with Crippen LogP contribution in [0.1, 0.15) is 33.6 Å². The molecule has 2 aliphatic heterocycles. The Morgan fingerprint density at radius 3 is 1.47 bits per heavy atom. The molecule has 0 radical (unpaired) electrons. The van der Waals surface area contributed by atoms with Gasteiger partial charge in [0.05, 0.1) is 0 Å². The third-order valence-corrected chi connectivity index (χ3v) is 6.25. The van der Waals surface area contributed by atoms with Crippen molar-refractivity contribution >= 4 is 36.8 Å². The van der Waals surface area contributed by atoms with Crippen LogP contribution in [0.5, 0.6) is 0 Å². The highest BCUT2D eigenvalue weighted by Crippen LogP contribution is 2.30. The van der Waals surface area contributed by atoms with Gasteiger partial charge >= 0.3 is 14.2 Å². The number of fused-ring (bicyclic) bond motifs is 1. The molecule has 156 valence electrons. The normalized spacial score (nSPS) is 21.3. The van der Waals surface area contributed by atoms with Crippen molar-refractivity contribution in [2.24, 2.45) is 0 Å². The van der Waals surface area contributed by atoms with Gasteiger partial charge in [-0.3, -0.25) is 9.59 Å². The fourth-order valence-electron chi connectivity index (χ4n) is 4.45. The number of amides is 2. The standard InChI is InChI=1S/C20H24B2N2O6/c25-19(23-9-7-13(11-23)21(27)28)17-5-1-3-15-16(17)4-2-6-18(15)20(26)24-10-8-14(12-24)22(29)30/h1-6,13-14,27-30H,7-12H2. The van der Waals surface area contributed by atoms with E-state index in [2.05, 4.69) is 0 Å². The lowest BCUT2D eigenvalue weighted by atomic mass is 9.72. The number of hydrogen-bond acceptors (Lipinski definition) is 6. The molecule has 8 nitrogen and oxygen atoms in total. The zero-order valence-corrected chi connectivity index (χ0v) is 16.5. The average molecular weight is 410 g/mol. The molecule has 0 aliphatic carbocycles. The van der Waals surface area contributed by atoms with Crippen LogP contribution in [0.2, 0.25) is 11.6 Å². The Morgan fingerprint density at radius 1 is 0.733 bits per heavy atom. The van der Waals surface area contributed by atoms with Gasteiger partial charge in [0.25, 0.3) is 11.8 Å². The number of benzene rings is 2. The maximum atomic E-state index is 13.1. The second kappa shape index (κ2) is 8.39. The van der Waals surface area contributed by atoms with E-state index < -0.39 is 14.2 Å². The molecular formula is C20H24B2N2O6. The summed E-state index contributed by atoms with van der Waals surface area (Å²) < 4.78 is 0. The van der Waals surface area contributed by atoms with Crippen LogP contribution in [0.15, 0.2) is 36.4 Å². The monoisotopic (exact) mass is 410 g/mol. The Kier molecular flexibility index (Phi) is 5.84. The quantitative estimate of drug-likeness (QED) is 0.536. The molecule has 10 heteroatoms. The fourth-order valence-corrected chi connectivity index (χ4v) is 4.45. The number of hydrogen-bond donors (Lipinski definition) is 4. The first-order chi connectivity index (χ1) is 14.4. The molecule has 30 heavy (non-hydrogen) atoms. The van der Waals surface area contributed by atoms with Gasteiger partial charge in [-0.1, -0.05) is 24.3 Å². The minimum atomic E-state index is -1.44. The highest BCUT2D eigenvalue weighted by Gasteiger charge is 2.36. The summed E-state index contributed by atoms with van der Waals surface area (Å²) in [6.07, 6.45) is 1.06. The molecule has 0 spiro atoms. The molecular weight excluding hydrogens is 386 g/mol. The van der Waals surface area contributed by atoms with Crippen molar-refractivity contribution in [2.75, 3.05) is 26.2 Å². The zero-order chi connectivity index (χ0) is 21.4. The first-order valence-corrected chi connectivity index (χ1v) is 10.2. The molecule has 2 aromatic rings. The van der Waals surface area contributed by atoms with Crippen LogP contribution in [0.25, 0.3) is 10.8 Å². The summed E-state index contributed by atoms with van der Waals surface area (Å²) >= 11 is 0. The summed E-state index contributed by atoms with van der Waals surface area (Å²) in [6, 6.07) is 10.5. The SMILES string of the molecule is O=C(c1cccc2c(C(=O)N3CCC(B(O)O)C3)cccc12)N1CCC(B(O)O)C1. The predicted molar refractivity (Wildman–Crippen MR) is 113 cm³/mol. The minimum Gasteiger partial charge on any atom is -0.427 e. The van der Waals surface area contributed by atoms with Crippen LogP contribution >= 0.6 is 0 Å². The van der Waals surface area contributed by atoms with E-state index in [4.69, 9.17) is 0 Å². The van der Waals surface area contributed by atoms with Crippen LogP contribution in [-0.4, -0.2) is 82.1 Å². The maximum Gasteiger partial charge on any atom is 0.456 e. The van der Waals surface area contributed by atoms with Crippen LogP contribution in [0.4, 0.5) is 0 Å². The second-order valence-electron chi connectivity index (χ2n) is 8.13. The molecule has 2 heterocycles. The van der Waals surface area contributed by atoms with Crippen molar-refractivity contribution in [1.29, 1.82) is 0 Å². The number of carbonyl (C=O) groups is 2. The van der Waals surface area contributed by atoms with E-state index in [0.717, 1.165) is 0 Å². The lowest BCUT2D eigenvalue weighted by Crippen LogP contribution is -2.31. The van der Waals surface area contributed by atoms with Crippen molar-refractivity contribution in [2.45, 2.75) is 24.5 Å². The van der Waals surface area contributed by atoms with Crippen LogP contribution < -0.4 is 0 Å². The molecule has 4 rings (SSSR count).